The fourth-order valence-corrected chi connectivity index (χ4v) is 4.16. The van der Waals surface area contributed by atoms with Gasteiger partial charge in [0, 0.05) is 57.1 Å². The van der Waals surface area contributed by atoms with Gasteiger partial charge in [0.25, 0.3) is 5.91 Å². The van der Waals surface area contributed by atoms with Crippen LogP contribution in [0, 0.1) is 5.82 Å². The molecule has 0 radical (unpaired) electrons. The summed E-state index contributed by atoms with van der Waals surface area (Å²) in [5.74, 6) is -0.267. The van der Waals surface area contributed by atoms with Gasteiger partial charge in [-0.3, -0.25) is 19.4 Å². The average molecular weight is 425 g/mol. The highest BCUT2D eigenvalue weighted by Gasteiger charge is 2.21. The van der Waals surface area contributed by atoms with Crippen LogP contribution in [0.4, 0.5) is 10.1 Å². The molecule has 2 heterocycles. The standard InChI is InChI=1S/C24H29FN4O2/c25-21-7-9-22(10-8-21)26-23(30)18-28-15-13-27(14-16-28)17-19-3-5-20(6-4-19)24(31)29-11-1-2-12-29/h3-10H,1-2,11-18H2,(H,26,30). The largest absolute Gasteiger partial charge is 0.339 e. The second-order valence-corrected chi connectivity index (χ2v) is 8.30. The van der Waals surface area contributed by atoms with Crippen LogP contribution in [0.2, 0.25) is 0 Å². The molecule has 1 N–H and O–H groups in total. The number of nitrogens with one attached hydrogen (secondary N) is 1. The van der Waals surface area contributed by atoms with Gasteiger partial charge in [0.05, 0.1) is 6.54 Å². The van der Waals surface area contributed by atoms with E-state index in [0.29, 0.717) is 12.2 Å². The summed E-state index contributed by atoms with van der Waals surface area (Å²) in [7, 11) is 0. The third-order valence-electron chi connectivity index (χ3n) is 5.96. The Morgan fingerprint density at radius 3 is 2.06 bits per heavy atom. The van der Waals surface area contributed by atoms with Gasteiger partial charge >= 0.3 is 0 Å². The van der Waals surface area contributed by atoms with Gasteiger partial charge in [0.15, 0.2) is 0 Å². The molecule has 0 bridgehead atoms. The molecule has 6 nitrogen and oxygen atoms in total. The van der Waals surface area contributed by atoms with E-state index in [9.17, 15) is 14.0 Å². The fraction of sp³-hybridized carbons (Fsp3) is 0.417. The first-order valence-corrected chi connectivity index (χ1v) is 11.0. The number of benzene rings is 2. The highest BCUT2D eigenvalue weighted by molar-refractivity contribution is 5.94. The number of hydrogen-bond donors (Lipinski definition) is 1. The third kappa shape index (κ3) is 5.89. The summed E-state index contributed by atoms with van der Waals surface area (Å²) in [4.78, 5) is 31.1. The molecule has 0 spiro atoms. The molecule has 2 fully saturated rings. The lowest BCUT2D eigenvalue weighted by molar-refractivity contribution is -0.117. The van der Waals surface area contributed by atoms with Gasteiger partial charge in [-0.05, 0) is 54.8 Å². The molecule has 7 heteroatoms. The third-order valence-corrected chi connectivity index (χ3v) is 5.96. The van der Waals surface area contributed by atoms with E-state index in [4.69, 9.17) is 0 Å². The highest BCUT2D eigenvalue weighted by atomic mass is 19.1. The molecule has 0 aliphatic carbocycles. The van der Waals surface area contributed by atoms with E-state index in [0.717, 1.165) is 64.2 Å². The Bertz CT molecular complexity index is 887. The van der Waals surface area contributed by atoms with Crippen molar-refractivity contribution < 1.29 is 14.0 Å². The van der Waals surface area contributed by atoms with Crippen molar-refractivity contribution in [2.75, 3.05) is 51.1 Å². The number of piperazine rings is 1. The summed E-state index contributed by atoms with van der Waals surface area (Å²) in [6.45, 7) is 6.33. The van der Waals surface area contributed by atoms with E-state index in [1.807, 2.05) is 29.2 Å². The Kier molecular flexibility index (Phi) is 6.94. The zero-order valence-electron chi connectivity index (χ0n) is 17.7. The van der Waals surface area contributed by atoms with E-state index in [1.54, 1.807) is 12.1 Å². The smallest absolute Gasteiger partial charge is 0.253 e. The van der Waals surface area contributed by atoms with E-state index in [1.165, 1.54) is 17.7 Å². The number of nitrogens with zero attached hydrogens (tertiary/aromatic N) is 3. The second kappa shape index (κ2) is 10.0. The van der Waals surface area contributed by atoms with E-state index < -0.39 is 0 Å². The molecule has 2 aromatic rings. The lowest BCUT2D eigenvalue weighted by Gasteiger charge is -2.34. The number of amides is 2. The van der Waals surface area contributed by atoms with Crippen molar-refractivity contribution in [2.45, 2.75) is 19.4 Å². The zero-order chi connectivity index (χ0) is 21.6. The molecule has 0 unspecified atom stereocenters. The summed E-state index contributed by atoms with van der Waals surface area (Å²) in [5.41, 5.74) is 2.57. The molecule has 31 heavy (non-hydrogen) atoms. The molecule has 0 saturated carbocycles. The fourth-order valence-electron chi connectivity index (χ4n) is 4.16. The maximum absolute atomic E-state index is 13.0. The van der Waals surface area contributed by atoms with Gasteiger partial charge in [0.2, 0.25) is 5.91 Å². The second-order valence-electron chi connectivity index (χ2n) is 8.30. The van der Waals surface area contributed by atoms with Crippen molar-refractivity contribution in [2.24, 2.45) is 0 Å². The normalized spacial score (nSPS) is 17.6. The average Bonchev–Trinajstić information content (AvgIpc) is 3.32. The quantitative estimate of drug-likeness (QED) is 0.775. The van der Waals surface area contributed by atoms with E-state index in [-0.39, 0.29) is 17.6 Å². The maximum atomic E-state index is 13.0. The SMILES string of the molecule is O=C(CN1CCN(Cc2ccc(C(=O)N3CCCC3)cc2)CC1)Nc1ccc(F)cc1. The van der Waals surface area contributed by atoms with Crippen LogP contribution in [0.25, 0.3) is 0 Å². The Balaban J connectivity index is 1.20. The predicted octanol–water partition coefficient (Wildman–Crippen LogP) is 2.82. The number of carbonyl (C=O) groups is 2. The maximum Gasteiger partial charge on any atom is 0.253 e. The van der Waals surface area contributed by atoms with Crippen LogP contribution in [0.15, 0.2) is 48.5 Å². The van der Waals surface area contributed by atoms with Crippen molar-refractivity contribution in [1.29, 1.82) is 0 Å². The summed E-state index contributed by atoms with van der Waals surface area (Å²) in [6.07, 6.45) is 2.20. The molecule has 2 aromatic carbocycles. The lowest BCUT2D eigenvalue weighted by Crippen LogP contribution is -2.48. The summed E-state index contributed by atoms with van der Waals surface area (Å²) in [6, 6.07) is 13.8. The number of carbonyl (C=O) groups excluding carboxylic acids is 2. The highest BCUT2D eigenvalue weighted by Crippen LogP contribution is 2.15. The number of anilines is 1. The number of hydrogen-bond acceptors (Lipinski definition) is 4. The topological polar surface area (TPSA) is 55.9 Å². The van der Waals surface area contributed by atoms with Crippen molar-refractivity contribution in [3.05, 3.63) is 65.5 Å². The number of rotatable bonds is 6. The first-order chi connectivity index (χ1) is 15.1. The Morgan fingerprint density at radius 1 is 0.806 bits per heavy atom. The van der Waals surface area contributed by atoms with Gasteiger partial charge in [-0.15, -0.1) is 0 Å². The molecular weight excluding hydrogens is 395 g/mol. The molecule has 2 aliphatic heterocycles. The van der Waals surface area contributed by atoms with E-state index >= 15 is 0 Å². The molecule has 164 valence electrons. The minimum atomic E-state index is -0.318. The van der Waals surface area contributed by atoms with Gasteiger partial charge < -0.3 is 10.2 Å². The van der Waals surface area contributed by atoms with Gasteiger partial charge in [0.1, 0.15) is 5.82 Å². The first-order valence-electron chi connectivity index (χ1n) is 11.0. The Hall–Kier alpha value is -2.77. The number of halogens is 1. The molecule has 2 aliphatic rings. The minimum Gasteiger partial charge on any atom is -0.339 e. The van der Waals surface area contributed by atoms with Crippen LogP contribution in [0.1, 0.15) is 28.8 Å². The van der Waals surface area contributed by atoms with Crippen LogP contribution >= 0.6 is 0 Å². The Morgan fingerprint density at radius 2 is 1.42 bits per heavy atom. The molecule has 4 rings (SSSR count). The van der Waals surface area contributed by atoms with Crippen LogP contribution in [-0.2, 0) is 11.3 Å². The molecular formula is C24H29FN4O2. The summed E-state index contributed by atoms with van der Waals surface area (Å²) < 4.78 is 13.0. The lowest BCUT2D eigenvalue weighted by atomic mass is 10.1. The van der Waals surface area contributed by atoms with Crippen molar-refractivity contribution in [3.8, 4) is 0 Å². The minimum absolute atomic E-state index is 0.0849. The monoisotopic (exact) mass is 424 g/mol. The van der Waals surface area contributed by atoms with Crippen molar-refractivity contribution in [1.82, 2.24) is 14.7 Å². The summed E-state index contributed by atoms with van der Waals surface area (Å²) >= 11 is 0. The molecule has 2 saturated heterocycles. The van der Waals surface area contributed by atoms with Gasteiger partial charge in [-0.1, -0.05) is 12.1 Å². The van der Waals surface area contributed by atoms with Crippen molar-refractivity contribution in [3.63, 3.8) is 0 Å². The molecule has 2 amide bonds. The predicted molar refractivity (Wildman–Crippen MR) is 118 cm³/mol. The molecule has 0 atom stereocenters. The van der Waals surface area contributed by atoms with Crippen LogP contribution in [-0.4, -0.2) is 72.3 Å². The Labute approximate surface area is 182 Å². The number of likely N-dealkylation sites (tertiary alicyclic amines) is 1. The van der Waals surface area contributed by atoms with Crippen LogP contribution < -0.4 is 5.32 Å². The molecule has 0 aromatic heterocycles. The first kappa shape index (κ1) is 21.5. The van der Waals surface area contributed by atoms with Crippen LogP contribution in [0.5, 0.6) is 0 Å². The summed E-state index contributed by atoms with van der Waals surface area (Å²) in [5, 5.41) is 2.81. The van der Waals surface area contributed by atoms with Gasteiger partial charge in [-0.25, -0.2) is 4.39 Å². The van der Waals surface area contributed by atoms with Gasteiger partial charge in [-0.2, -0.15) is 0 Å². The van der Waals surface area contributed by atoms with Crippen molar-refractivity contribution >= 4 is 17.5 Å². The van der Waals surface area contributed by atoms with E-state index in [2.05, 4.69) is 15.1 Å². The zero-order valence-corrected chi connectivity index (χ0v) is 17.7. The van der Waals surface area contributed by atoms with Crippen LogP contribution in [0.3, 0.4) is 0 Å².